The smallest absolute Gasteiger partial charge is 0.0171 e. The maximum atomic E-state index is 2.55. The Hall–Kier alpha value is -2.86. The van der Waals surface area contributed by atoms with Gasteiger partial charge in [0.2, 0.25) is 0 Å². The fourth-order valence-electron chi connectivity index (χ4n) is 6.60. The van der Waals surface area contributed by atoms with Crippen LogP contribution in [0.4, 0.5) is 0 Å². The van der Waals surface area contributed by atoms with E-state index < -0.39 is 0 Å². The molecule has 0 spiro atoms. The highest BCUT2D eigenvalue weighted by Crippen LogP contribution is 2.32. The summed E-state index contributed by atoms with van der Waals surface area (Å²) in [6, 6.07) is 28.2. The van der Waals surface area contributed by atoms with Gasteiger partial charge in [0.15, 0.2) is 0 Å². The summed E-state index contributed by atoms with van der Waals surface area (Å²) in [4.78, 5) is 0. The Bertz CT molecular complexity index is 1410. The third-order valence-corrected chi connectivity index (χ3v) is 9.03. The molecule has 0 saturated heterocycles. The number of fused-ring (bicyclic) bond motifs is 4. The molecule has 0 saturated carbocycles. The van der Waals surface area contributed by atoms with Gasteiger partial charge in [-0.1, -0.05) is 127 Å². The van der Waals surface area contributed by atoms with Gasteiger partial charge in [0.25, 0.3) is 0 Å². The summed E-state index contributed by atoms with van der Waals surface area (Å²) in [7, 11) is 0. The normalized spacial score (nSPS) is 11.8. The highest BCUT2D eigenvalue weighted by molar-refractivity contribution is 6.08. The molecule has 5 aromatic rings. The molecule has 0 aromatic heterocycles. The first kappa shape index (κ1) is 28.7. The molecule has 0 fully saturated rings. The predicted octanol–water partition coefficient (Wildman–Crippen LogP) is 12.9. The second kappa shape index (κ2) is 14.7. The highest BCUT2D eigenvalue weighted by atomic mass is 14.1. The number of unbranched alkanes of at least 4 members (excludes halogenated alkanes) is 12. The largest absolute Gasteiger partial charge is 0.0654 e. The van der Waals surface area contributed by atoms with Crippen LogP contribution < -0.4 is 0 Å². The number of hydrogen-bond donors (Lipinski definition) is 0. The van der Waals surface area contributed by atoms with Gasteiger partial charge in [-0.3, -0.25) is 0 Å². The number of rotatable bonds is 16. The van der Waals surface area contributed by atoms with Crippen molar-refractivity contribution in [2.24, 2.45) is 0 Å². The Labute approximate surface area is 243 Å². The summed E-state index contributed by atoms with van der Waals surface area (Å²) in [5, 5.41) is 10.9. The molecular weight excluding hydrogens is 480 g/mol. The van der Waals surface area contributed by atoms with Crippen LogP contribution >= 0.6 is 0 Å². The monoisotopic (exact) mass is 530 g/mol. The van der Waals surface area contributed by atoms with Gasteiger partial charge in [-0.2, -0.15) is 0 Å². The average molecular weight is 531 g/mol. The second-order valence-electron chi connectivity index (χ2n) is 12.3. The standard InChI is InChI=1S/C40H50/c1-3-5-7-9-11-13-15-19-31-23-35-27-39-29-37-25-33-21-17-18-22-34(33)26-38(37)30-40(39)28-36(35)24-32(31)20-16-14-12-10-8-6-4-2/h17-18,21-30H,3-16,19-20H2,1-2H3. The highest BCUT2D eigenvalue weighted by Gasteiger charge is 2.09. The molecule has 0 amide bonds. The van der Waals surface area contributed by atoms with Crippen molar-refractivity contribution in [1.82, 2.24) is 0 Å². The minimum Gasteiger partial charge on any atom is -0.0654 e. The van der Waals surface area contributed by atoms with Crippen molar-refractivity contribution in [3.05, 3.63) is 83.9 Å². The van der Waals surface area contributed by atoms with E-state index in [1.807, 2.05) is 0 Å². The summed E-state index contributed by atoms with van der Waals surface area (Å²) in [5.41, 5.74) is 3.22. The molecule has 0 atom stereocenters. The average Bonchev–Trinajstić information content (AvgIpc) is 2.97. The van der Waals surface area contributed by atoms with Crippen molar-refractivity contribution < 1.29 is 0 Å². The van der Waals surface area contributed by atoms with Crippen LogP contribution in [-0.4, -0.2) is 0 Å². The van der Waals surface area contributed by atoms with Crippen molar-refractivity contribution in [2.45, 2.75) is 117 Å². The van der Waals surface area contributed by atoms with E-state index in [0.717, 1.165) is 0 Å². The maximum Gasteiger partial charge on any atom is -0.0171 e. The van der Waals surface area contributed by atoms with Crippen molar-refractivity contribution in [3.63, 3.8) is 0 Å². The van der Waals surface area contributed by atoms with Crippen LogP contribution in [0.5, 0.6) is 0 Å². The van der Waals surface area contributed by atoms with Gasteiger partial charge in [-0.25, -0.2) is 0 Å². The van der Waals surface area contributed by atoms with Gasteiger partial charge in [0, 0.05) is 0 Å². The SMILES string of the molecule is CCCCCCCCCc1cc2cc3cc4cc5ccccc5cc4cc3cc2cc1CCCCCCCCC. The molecule has 40 heavy (non-hydrogen) atoms. The zero-order chi connectivity index (χ0) is 27.6. The molecule has 0 N–H and O–H groups in total. The van der Waals surface area contributed by atoms with Crippen molar-refractivity contribution in [1.29, 1.82) is 0 Å². The Kier molecular flexibility index (Phi) is 10.5. The zero-order valence-electron chi connectivity index (χ0n) is 25.2. The van der Waals surface area contributed by atoms with Crippen LogP contribution in [0.15, 0.2) is 72.8 Å². The third-order valence-electron chi connectivity index (χ3n) is 9.03. The van der Waals surface area contributed by atoms with E-state index in [1.165, 1.54) is 146 Å². The Balaban J connectivity index is 1.38. The summed E-state index contributed by atoms with van der Waals surface area (Å²) in [6.45, 7) is 4.61. The van der Waals surface area contributed by atoms with E-state index in [2.05, 4.69) is 86.6 Å². The zero-order valence-corrected chi connectivity index (χ0v) is 25.2. The fraction of sp³-hybridized carbons (Fsp3) is 0.450. The number of aryl methyl sites for hydroxylation is 2. The van der Waals surface area contributed by atoms with E-state index in [0.29, 0.717) is 0 Å². The van der Waals surface area contributed by atoms with E-state index in [9.17, 15) is 0 Å². The van der Waals surface area contributed by atoms with Crippen LogP contribution in [0, 0.1) is 0 Å². The molecule has 0 radical (unpaired) electrons. The van der Waals surface area contributed by atoms with Gasteiger partial charge in [0.1, 0.15) is 0 Å². The first-order chi connectivity index (χ1) is 19.7. The first-order valence-corrected chi connectivity index (χ1v) is 16.6. The van der Waals surface area contributed by atoms with Crippen LogP contribution in [-0.2, 0) is 12.8 Å². The van der Waals surface area contributed by atoms with Gasteiger partial charge >= 0.3 is 0 Å². The molecular formula is C40H50. The second-order valence-corrected chi connectivity index (χ2v) is 12.3. The molecule has 0 heteroatoms. The number of hydrogen-bond acceptors (Lipinski definition) is 0. The van der Waals surface area contributed by atoms with Crippen molar-refractivity contribution >= 4 is 43.1 Å². The molecule has 0 aliphatic carbocycles. The fourth-order valence-corrected chi connectivity index (χ4v) is 6.60. The summed E-state index contributed by atoms with van der Waals surface area (Å²) < 4.78 is 0. The lowest BCUT2D eigenvalue weighted by Crippen LogP contribution is -1.97. The lowest BCUT2D eigenvalue weighted by molar-refractivity contribution is 0.583. The molecule has 210 valence electrons. The minimum atomic E-state index is 1.23. The molecule has 5 aromatic carbocycles. The van der Waals surface area contributed by atoms with Crippen LogP contribution in [0.1, 0.15) is 115 Å². The van der Waals surface area contributed by atoms with Crippen LogP contribution in [0.3, 0.4) is 0 Å². The van der Waals surface area contributed by atoms with Gasteiger partial charge < -0.3 is 0 Å². The summed E-state index contributed by atoms with van der Waals surface area (Å²) in [6.07, 6.45) is 21.7. The summed E-state index contributed by atoms with van der Waals surface area (Å²) >= 11 is 0. The quantitative estimate of drug-likeness (QED) is 0.0879. The predicted molar refractivity (Wildman–Crippen MR) is 180 cm³/mol. The molecule has 0 aliphatic heterocycles. The number of benzene rings is 5. The van der Waals surface area contributed by atoms with Gasteiger partial charge in [0.05, 0.1) is 0 Å². The molecule has 5 rings (SSSR count). The van der Waals surface area contributed by atoms with E-state index in [1.54, 1.807) is 11.1 Å². The maximum absolute atomic E-state index is 2.55. The Morgan fingerprint density at radius 3 is 1.00 bits per heavy atom. The van der Waals surface area contributed by atoms with Crippen molar-refractivity contribution in [3.8, 4) is 0 Å². The van der Waals surface area contributed by atoms with Crippen LogP contribution in [0.2, 0.25) is 0 Å². The van der Waals surface area contributed by atoms with E-state index in [-0.39, 0.29) is 0 Å². The molecule has 0 unspecified atom stereocenters. The molecule has 0 aliphatic rings. The molecule has 0 heterocycles. The Morgan fingerprint density at radius 2 is 0.625 bits per heavy atom. The first-order valence-electron chi connectivity index (χ1n) is 16.6. The van der Waals surface area contributed by atoms with E-state index >= 15 is 0 Å². The summed E-state index contributed by atoms with van der Waals surface area (Å²) in [5.74, 6) is 0. The topological polar surface area (TPSA) is 0 Å². The lowest BCUT2D eigenvalue weighted by Gasteiger charge is -2.14. The van der Waals surface area contributed by atoms with E-state index in [4.69, 9.17) is 0 Å². The van der Waals surface area contributed by atoms with Gasteiger partial charge in [-0.15, -0.1) is 0 Å². The van der Waals surface area contributed by atoms with Crippen molar-refractivity contribution in [2.75, 3.05) is 0 Å². The lowest BCUT2D eigenvalue weighted by atomic mass is 9.91. The minimum absolute atomic E-state index is 1.23. The van der Waals surface area contributed by atoms with Gasteiger partial charge in [-0.05, 0) is 116 Å². The molecule has 0 nitrogen and oxygen atoms in total. The van der Waals surface area contributed by atoms with Crippen LogP contribution in [0.25, 0.3) is 43.1 Å². The Morgan fingerprint density at radius 1 is 0.325 bits per heavy atom. The third kappa shape index (κ3) is 7.45. The molecule has 0 bridgehead atoms.